The Balaban J connectivity index is 1.94. The number of carbonyl (C=O) groups is 1. The van der Waals surface area contributed by atoms with Gasteiger partial charge in [0.05, 0.1) is 12.3 Å². The molecule has 0 atom stereocenters. The lowest BCUT2D eigenvalue weighted by molar-refractivity contribution is -0.116. The van der Waals surface area contributed by atoms with Gasteiger partial charge in [0.1, 0.15) is 5.75 Å². The topological polar surface area (TPSA) is 64.3 Å². The van der Waals surface area contributed by atoms with Gasteiger partial charge in [-0.3, -0.25) is 4.79 Å². The summed E-state index contributed by atoms with van der Waals surface area (Å²) in [5, 5.41) is 2.90. The number of rotatable bonds is 6. The molecule has 0 radical (unpaired) electrons. The summed E-state index contributed by atoms with van der Waals surface area (Å²) in [6.07, 6.45) is 1.07. The minimum atomic E-state index is -0.0358. The van der Waals surface area contributed by atoms with Gasteiger partial charge in [0.2, 0.25) is 5.91 Å². The lowest BCUT2D eigenvalue weighted by atomic mass is 10.1. The van der Waals surface area contributed by atoms with Crippen LogP contribution in [0.25, 0.3) is 0 Å². The van der Waals surface area contributed by atoms with E-state index >= 15 is 0 Å². The zero-order valence-corrected chi connectivity index (χ0v) is 13.1. The zero-order chi connectivity index (χ0) is 15.9. The second-order valence-corrected chi connectivity index (χ2v) is 5.17. The first-order valence-electron chi connectivity index (χ1n) is 7.47. The van der Waals surface area contributed by atoms with E-state index in [2.05, 4.69) is 5.32 Å². The number of ether oxygens (including phenoxy) is 1. The van der Waals surface area contributed by atoms with E-state index in [-0.39, 0.29) is 5.91 Å². The van der Waals surface area contributed by atoms with Gasteiger partial charge in [-0.05, 0) is 49.6 Å². The molecule has 4 nitrogen and oxygen atoms in total. The first-order valence-corrected chi connectivity index (χ1v) is 7.47. The Morgan fingerprint density at radius 3 is 2.73 bits per heavy atom. The molecule has 0 fully saturated rings. The van der Waals surface area contributed by atoms with Crippen molar-refractivity contribution in [2.45, 2.75) is 26.7 Å². The number of hydrogen-bond donors (Lipinski definition) is 2. The van der Waals surface area contributed by atoms with Crippen LogP contribution < -0.4 is 15.8 Å². The summed E-state index contributed by atoms with van der Waals surface area (Å²) in [7, 11) is 0. The smallest absolute Gasteiger partial charge is 0.224 e. The molecule has 0 aromatic heterocycles. The van der Waals surface area contributed by atoms with Gasteiger partial charge in [-0.25, -0.2) is 0 Å². The normalized spacial score (nSPS) is 10.3. The van der Waals surface area contributed by atoms with Crippen molar-refractivity contribution in [3.8, 4) is 5.75 Å². The van der Waals surface area contributed by atoms with Crippen LogP contribution in [0.5, 0.6) is 5.75 Å². The van der Waals surface area contributed by atoms with E-state index in [1.165, 1.54) is 0 Å². The Bertz CT molecular complexity index is 653. The molecule has 2 rings (SSSR count). The fourth-order valence-corrected chi connectivity index (χ4v) is 2.17. The van der Waals surface area contributed by atoms with Gasteiger partial charge in [0.15, 0.2) is 0 Å². The van der Waals surface area contributed by atoms with E-state index in [1.54, 1.807) is 0 Å². The molecule has 0 aliphatic heterocycles. The van der Waals surface area contributed by atoms with Crippen LogP contribution >= 0.6 is 0 Å². The number of amides is 1. The molecule has 0 bridgehead atoms. The standard InChI is InChI=1S/C18H22N2O2/c1-3-22-17-7-5-4-6-16(17)20-18(21)11-10-14-9-8-13(2)15(19)12-14/h4-9,12H,3,10-11,19H2,1-2H3,(H,20,21). The van der Waals surface area contributed by atoms with Crippen LogP contribution in [-0.4, -0.2) is 12.5 Å². The van der Waals surface area contributed by atoms with Gasteiger partial charge in [-0.2, -0.15) is 0 Å². The van der Waals surface area contributed by atoms with Crippen molar-refractivity contribution < 1.29 is 9.53 Å². The molecule has 0 saturated heterocycles. The van der Waals surface area contributed by atoms with Gasteiger partial charge >= 0.3 is 0 Å². The fourth-order valence-electron chi connectivity index (χ4n) is 2.17. The number of para-hydroxylation sites is 2. The number of nitrogens with one attached hydrogen (secondary N) is 1. The predicted octanol–water partition coefficient (Wildman–Crippen LogP) is 3.55. The maximum atomic E-state index is 12.1. The first-order chi connectivity index (χ1) is 10.6. The van der Waals surface area contributed by atoms with Crippen molar-refractivity contribution in [2.75, 3.05) is 17.7 Å². The third-order valence-electron chi connectivity index (χ3n) is 3.45. The number of nitrogens with two attached hydrogens (primary N) is 1. The quantitative estimate of drug-likeness (QED) is 0.802. The lowest BCUT2D eigenvalue weighted by Gasteiger charge is -2.11. The summed E-state index contributed by atoms with van der Waals surface area (Å²) in [5.74, 6) is 0.657. The average molecular weight is 298 g/mol. The van der Waals surface area contributed by atoms with Gasteiger partial charge in [-0.15, -0.1) is 0 Å². The van der Waals surface area contributed by atoms with E-state index < -0.39 is 0 Å². The summed E-state index contributed by atoms with van der Waals surface area (Å²) in [4.78, 5) is 12.1. The van der Waals surface area contributed by atoms with Crippen LogP contribution in [0.15, 0.2) is 42.5 Å². The molecule has 2 aromatic rings. The largest absolute Gasteiger partial charge is 0.492 e. The maximum Gasteiger partial charge on any atom is 0.224 e. The van der Waals surface area contributed by atoms with Crippen LogP contribution in [0.3, 0.4) is 0 Å². The molecule has 0 spiro atoms. The third kappa shape index (κ3) is 4.25. The highest BCUT2D eigenvalue weighted by Gasteiger charge is 2.08. The number of carbonyl (C=O) groups excluding carboxylic acids is 1. The molecule has 0 aliphatic carbocycles. The molecule has 22 heavy (non-hydrogen) atoms. The Morgan fingerprint density at radius 2 is 2.00 bits per heavy atom. The van der Waals surface area contributed by atoms with Crippen LogP contribution in [0.4, 0.5) is 11.4 Å². The van der Waals surface area contributed by atoms with Gasteiger partial charge < -0.3 is 15.8 Å². The molecule has 0 saturated carbocycles. The van der Waals surface area contributed by atoms with Crippen molar-refractivity contribution in [3.05, 3.63) is 53.6 Å². The number of aryl methyl sites for hydroxylation is 2. The number of benzene rings is 2. The fraction of sp³-hybridized carbons (Fsp3) is 0.278. The van der Waals surface area contributed by atoms with Crippen molar-refractivity contribution >= 4 is 17.3 Å². The van der Waals surface area contributed by atoms with Crippen molar-refractivity contribution in [1.29, 1.82) is 0 Å². The molecule has 0 aliphatic rings. The highest BCUT2D eigenvalue weighted by atomic mass is 16.5. The average Bonchev–Trinajstić information content (AvgIpc) is 2.51. The van der Waals surface area contributed by atoms with Crippen LogP contribution in [0.1, 0.15) is 24.5 Å². The van der Waals surface area contributed by atoms with E-state index in [0.29, 0.717) is 30.9 Å². The van der Waals surface area contributed by atoms with Crippen LogP contribution in [0, 0.1) is 6.92 Å². The molecule has 4 heteroatoms. The second kappa shape index (κ2) is 7.50. The molecule has 0 heterocycles. The van der Waals surface area contributed by atoms with Crippen LogP contribution in [-0.2, 0) is 11.2 Å². The van der Waals surface area contributed by atoms with E-state index in [0.717, 1.165) is 16.8 Å². The number of nitrogen functional groups attached to an aromatic ring is 1. The van der Waals surface area contributed by atoms with Crippen molar-refractivity contribution in [2.24, 2.45) is 0 Å². The summed E-state index contributed by atoms with van der Waals surface area (Å²) >= 11 is 0. The Hall–Kier alpha value is -2.49. The molecule has 116 valence electrons. The van der Waals surface area contributed by atoms with Crippen LogP contribution in [0.2, 0.25) is 0 Å². The molecular formula is C18H22N2O2. The van der Waals surface area contributed by atoms with E-state index in [4.69, 9.17) is 10.5 Å². The molecule has 2 aromatic carbocycles. The molecular weight excluding hydrogens is 276 g/mol. The molecule has 3 N–H and O–H groups in total. The van der Waals surface area contributed by atoms with Crippen molar-refractivity contribution in [3.63, 3.8) is 0 Å². The van der Waals surface area contributed by atoms with Gasteiger partial charge in [0, 0.05) is 12.1 Å². The highest BCUT2D eigenvalue weighted by Crippen LogP contribution is 2.24. The summed E-state index contributed by atoms with van der Waals surface area (Å²) < 4.78 is 5.50. The van der Waals surface area contributed by atoms with Gasteiger partial charge in [-0.1, -0.05) is 24.3 Å². The first kappa shape index (κ1) is 15.9. The Labute approximate surface area is 131 Å². The second-order valence-electron chi connectivity index (χ2n) is 5.17. The van der Waals surface area contributed by atoms with Crippen molar-refractivity contribution in [1.82, 2.24) is 0 Å². The molecule has 1 amide bonds. The monoisotopic (exact) mass is 298 g/mol. The Kier molecular flexibility index (Phi) is 5.42. The third-order valence-corrected chi connectivity index (χ3v) is 3.45. The van der Waals surface area contributed by atoms with E-state index in [9.17, 15) is 4.79 Å². The Morgan fingerprint density at radius 1 is 1.23 bits per heavy atom. The zero-order valence-electron chi connectivity index (χ0n) is 13.1. The SMILES string of the molecule is CCOc1ccccc1NC(=O)CCc1ccc(C)c(N)c1. The lowest BCUT2D eigenvalue weighted by Crippen LogP contribution is -2.13. The predicted molar refractivity (Wildman–Crippen MR) is 90.2 cm³/mol. The molecule has 0 unspecified atom stereocenters. The minimum absolute atomic E-state index is 0.0358. The highest BCUT2D eigenvalue weighted by molar-refractivity contribution is 5.92. The summed E-state index contributed by atoms with van der Waals surface area (Å²) in [6.45, 7) is 4.45. The number of hydrogen-bond acceptors (Lipinski definition) is 3. The van der Waals surface area contributed by atoms with Gasteiger partial charge in [0.25, 0.3) is 0 Å². The van der Waals surface area contributed by atoms with E-state index in [1.807, 2.05) is 56.3 Å². The summed E-state index contributed by atoms with van der Waals surface area (Å²) in [6, 6.07) is 13.4. The summed E-state index contributed by atoms with van der Waals surface area (Å²) in [5.41, 5.74) is 9.48. The minimum Gasteiger partial charge on any atom is -0.492 e. The maximum absolute atomic E-state index is 12.1. The number of anilines is 2.